The summed E-state index contributed by atoms with van der Waals surface area (Å²) in [6, 6.07) is 17.7. The molecule has 0 heterocycles. The molecule has 0 bridgehead atoms. The van der Waals surface area contributed by atoms with E-state index in [1.165, 1.54) is 16.7 Å². The summed E-state index contributed by atoms with van der Waals surface area (Å²) in [5.74, 6) is 1.57. The largest absolute Gasteiger partial charge is 1.00 e. The van der Waals surface area contributed by atoms with Crippen molar-refractivity contribution in [1.29, 1.82) is 0 Å². The predicted octanol–water partition coefficient (Wildman–Crippen LogP) is 1.32. The first-order valence-corrected chi connectivity index (χ1v) is 19.7. The number of hydrogen-bond acceptors (Lipinski definition) is 1. The van der Waals surface area contributed by atoms with Gasteiger partial charge in [0.15, 0.2) is 0 Å². The fourth-order valence-electron chi connectivity index (χ4n) is 5.19. The molecular formula is C27H32Cl2OSiZr. The number of halogens is 2. The molecule has 0 aromatic heterocycles. The molecule has 2 aromatic carbocycles. The van der Waals surface area contributed by atoms with E-state index in [-0.39, 0.29) is 30.2 Å². The van der Waals surface area contributed by atoms with Gasteiger partial charge in [-0.05, 0) is 0 Å². The summed E-state index contributed by atoms with van der Waals surface area (Å²) >= 11 is -1.94. The minimum atomic E-state index is -1.94. The van der Waals surface area contributed by atoms with E-state index in [1.54, 1.807) is 29.4 Å². The van der Waals surface area contributed by atoms with Gasteiger partial charge in [-0.1, -0.05) is 0 Å². The van der Waals surface area contributed by atoms with Crippen molar-refractivity contribution >= 4 is 11.0 Å². The van der Waals surface area contributed by atoms with Gasteiger partial charge in [-0.15, -0.1) is 0 Å². The molecule has 0 saturated carbocycles. The minimum absolute atomic E-state index is 0. The van der Waals surface area contributed by atoms with Gasteiger partial charge in [0.1, 0.15) is 0 Å². The van der Waals surface area contributed by atoms with Crippen molar-refractivity contribution < 1.29 is 49.9 Å². The second kappa shape index (κ2) is 11.0. The zero-order valence-corrected chi connectivity index (χ0v) is 25.0. The molecule has 0 saturated heterocycles. The molecule has 4 rings (SSSR count). The zero-order valence-electron chi connectivity index (χ0n) is 20.0. The van der Waals surface area contributed by atoms with Crippen LogP contribution in [0.15, 0.2) is 74.6 Å². The van der Waals surface area contributed by atoms with Crippen molar-refractivity contribution in [2.45, 2.75) is 44.4 Å². The van der Waals surface area contributed by atoms with Crippen LogP contribution in [0.3, 0.4) is 0 Å². The Balaban J connectivity index is 0.00000181. The molecule has 0 N–H and O–H groups in total. The fraction of sp³-hybridized carbons (Fsp3) is 0.333. The number of fused-ring (bicyclic) bond motifs is 1. The predicted molar refractivity (Wildman–Crippen MR) is 127 cm³/mol. The maximum atomic E-state index is 5.53. The van der Waals surface area contributed by atoms with Crippen LogP contribution in [0.25, 0.3) is 5.57 Å². The van der Waals surface area contributed by atoms with Crippen LogP contribution in [0.4, 0.5) is 0 Å². The summed E-state index contributed by atoms with van der Waals surface area (Å²) in [7, 11) is 1.75. The molecule has 0 spiro atoms. The number of benzene rings is 2. The normalized spacial score (nSPS) is 18.9. The molecule has 0 fully saturated rings. The number of rotatable bonds is 4. The van der Waals surface area contributed by atoms with E-state index in [2.05, 4.69) is 89.3 Å². The van der Waals surface area contributed by atoms with E-state index in [4.69, 9.17) is 4.74 Å². The van der Waals surface area contributed by atoms with E-state index < -0.39 is 20.4 Å². The van der Waals surface area contributed by atoms with Gasteiger partial charge in [-0.2, -0.15) is 0 Å². The van der Waals surface area contributed by atoms with Crippen LogP contribution in [0, 0.1) is 5.92 Å². The first-order valence-electron chi connectivity index (χ1n) is 10.9. The summed E-state index contributed by atoms with van der Waals surface area (Å²) in [6.07, 6.45) is 2.64. The van der Waals surface area contributed by atoms with Gasteiger partial charge in [0.05, 0.1) is 0 Å². The summed E-state index contributed by atoms with van der Waals surface area (Å²) in [5.41, 5.74) is 10.1. The molecule has 5 heteroatoms. The molecule has 1 nitrogen and oxygen atoms in total. The van der Waals surface area contributed by atoms with Crippen molar-refractivity contribution in [3.05, 3.63) is 91.3 Å². The fourth-order valence-corrected chi connectivity index (χ4v) is 24.9. The van der Waals surface area contributed by atoms with Gasteiger partial charge in [0, 0.05) is 0 Å². The quantitative estimate of drug-likeness (QED) is 0.511. The number of methoxy groups -OCH3 is 1. The van der Waals surface area contributed by atoms with E-state index in [0.29, 0.717) is 9.54 Å². The van der Waals surface area contributed by atoms with Crippen molar-refractivity contribution in [3.8, 4) is 5.75 Å². The van der Waals surface area contributed by atoms with Crippen LogP contribution in [-0.4, -0.2) is 12.5 Å². The Morgan fingerprint density at radius 3 is 2.19 bits per heavy atom. The molecule has 2 aromatic rings. The Kier molecular flexibility index (Phi) is 9.45. The number of ether oxygens (including phenoxy) is 1. The topological polar surface area (TPSA) is 9.23 Å². The molecule has 2 aliphatic rings. The van der Waals surface area contributed by atoms with Crippen LogP contribution in [0.1, 0.15) is 48.0 Å². The van der Waals surface area contributed by atoms with Crippen LogP contribution >= 0.6 is 0 Å². The molecule has 0 amide bonds. The second-order valence-corrected chi connectivity index (χ2v) is 26.3. The maximum absolute atomic E-state index is 5.53. The third-order valence-corrected chi connectivity index (χ3v) is 25.7. The van der Waals surface area contributed by atoms with Crippen molar-refractivity contribution in [1.82, 2.24) is 0 Å². The van der Waals surface area contributed by atoms with Crippen LogP contribution < -0.4 is 29.6 Å². The SMILES string of the molecule is COc1cccc(C2=C[CH]([Zr+2]([C]3=C(C)C(C)=C(C)C3C)=[Si](C)C)c3ccccc32)c1.[Cl-].[Cl-]. The molecule has 2 aliphatic carbocycles. The maximum Gasteiger partial charge on any atom is -1.00 e. The Morgan fingerprint density at radius 2 is 1.59 bits per heavy atom. The molecule has 168 valence electrons. The third kappa shape index (κ3) is 4.69. The summed E-state index contributed by atoms with van der Waals surface area (Å²) in [6.45, 7) is 14.7. The standard InChI is InChI=1S/C16H13O.C9H13.C2H6Si.2ClH.Zr/c1-17-14-7-4-6-13(11-14)16-10-9-12-5-2-3-8-15(12)16;1-6-5-7(2)9(4)8(6)3;1-3-2;;;/h2-11H,1H3;6H,1-4H3;1-2H3;2*1H;/q;;;;;+2/p-2. The van der Waals surface area contributed by atoms with Gasteiger partial charge in [-0.25, -0.2) is 0 Å². The van der Waals surface area contributed by atoms with Gasteiger partial charge in [0.25, 0.3) is 0 Å². The molecule has 2 atom stereocenters. The first kappa shape index (κ1) is 27.4. The molecule has 0 aliphatic heterocycles. The molecular weight excluding hydrogens is 531 g/mol. The van der Waals surface area contributed by atoms with Gasteiger partial charge < -0.3 is 24.8 Å². The van der Waals surface area contributed by atoms with E-state index in [9.17, 15) is 0 Å². The van der Waals surface area contributed by atoms with Gasteiger partial charge >= 0.3 is 191 Å². The number of hydrogen-bond donors (Lipinski definition) is 0. The average Bonchev–Trinajstić information content (AvgIpc) is 3.22. The Bertz CT molecular complexity index is 1160. The molecule has 2 unspecified atom stereocenters. The number of allylic oxidation sites excluding steroid dienone is 5. The minimum Gasteiger partial charge on any atom is -1.00 e. The molecule has 0 radical (unpaired) electrons. The van der Waals surface area contributed by atoms with Crippen LogP contribution in [0.5, 0.6) is 5.75 Å². The van der Waals surface area contributed by atoms with Gasteiger partial charge in [0.2, 0.25) is 0 Å². The summed E-state index contributed by atoms with van der Waals surface area (Å²) in [4.78, 5) is 0. The second-order valence-electron chi connectivity index (χ2n) is 8.86. The van der Waals surface area contributed by atoms with Crippen LogP contribution in [-0.2, 0) is 20.4 Å². The Labute approximate surface area is 214 Å². The Hall–Kier alpha value is -0.860. The van der Waals surface area contributed by atoms with E-state index >= 15 is 0 Å². The zero-order chi connectivity index (χ0) is 21.6. The van der Waals surface area contributed by atoms with E-state index in [0.717, 1.165) is 5.75 Å². The Morgan fingerprint density at radius 1 is 0.906 bits per heavy atom. The van der Waals surface area contributed by atoms with Crippen LogP contribution in [0.2, 0.25) is 13.1 Å². The average molecular weight is 563 g/mol. The van der Waals surface area contributed by atoms with Crippen molar-refractivity contribution in [2.75, 3.05) is 7.11 Å². The summed E-state index contributed by atoms with van der Waals surface area (Å²) < 4.78 is 8.05. The van der Waals surface area contributed by atoms with Gasteiger partial charge in [-0.3, -0.25) is 0 Å². The van der Waals surface area contributed by atoms with Crippen molar-refractivity contribution in [2.24, 2.45) is 5.92 Å². The first-order chi connectivity index (χ1) is 14.3. The van der Waals surface area contributed by atoms with Crippen molar-refractivity contribution in [3.63, 3.8) is 0 Å². The molecule has 32 heavy (non-hydrogen) atoms. The third-order valence-electron chi connectivity index (χ3n) is 7.08. The summed E-state index contributed by atoms with van der Waals surface area (Å²) in [5, 5.41) is 0. The smallest absolute Gasteiger partial charge is 1.00 e. The van der Waals surface area contributed by atoms with E-state index in [1.807, 2.05) is 9.35 Å². The monoisotopic (exact) mass is 560 g/mol.